The first-order valence-corrected chi connectivity index (χ1v) is 8.52. The minimum Gasteiger partial charge on any atom is -0.388 e. The van der Waals surface area contributed by atoms with E-state index in [1.54, 1.807) is 13.8 Å². The lowest BCUT2D eigenvalue weighted by atomic mass is 10.1. The van der Waals surface area contributed by atoms with E-state index in [1.807, 2.05) is 0 Å². The number of hydrogen-bond donors (Lipinski definition) is 3. The molecule has 4 atom stereocenters. The molecule has 2 aromatic rings. The monoisotopic (exact) mass is 392 g/mol. The third-order valence-corrected chi connectivity index (χ3v) is 4.38. The molecule has 13 nitrogen and oxygen atoms in total. The Morgan fingerprint density at radius 3 is 3.00 bits per heavy atom. The molecule has 150 valence electrons. The van der Waals surface area contributed by atoms with Gasteiger partial charge in [-0.15, -0.1) is 0 Å². The summed E-state index contributed by atoms with van der Waals surface area (Å²) in [6.45, 7) is 3.32. The fraction of sp³-hybridized carbons (Fsp3) is 0.600. The molecule has 28 heavy (non-hydrogen) atoms. The van der Waals surface area contributed by atoms with Crippen molar-refractivity contribution in [2.45, 2.75) is 38.4 Å². The molecule has 0 bridgehead atoms. The highest BCUT2D eigenvalue weighted by atomic mass is 16.6. The molecule has 0 unspecified atom stereocenters. The first-order valence-electron chi connectivity index (χ1n) is 8.52. The maximum atomic E-state index is 12.3. The maximum absolute atomic E-state index is 12.3. The van der Waals surface area contributed by atoms with Crippen LogP contribution in [0.2, 0.25) is 0 Å². The molecule has 2 aromatic heterocycles. The van der Waals surface area contributed by atoms with Crippen LogP contribution < -0.4 is 10.9 Å². The average molecular weight is 392 g/mol. The lowest BCUT2D eigenvalue weighted by molar-refractivity contribution is -0.118. The van der Waals surface area contributed by atoms with Crippen LogP contribution >= 0.6 is 0 Å². The molecule has 1 aliphatic heterocycles. The van der Waals surface area contributed by atoms with Gasteiger partial charge in [0, 0.05) is 17.9 Å². The summed E-state index contributed by atoms with van der Waals surface area (Å²) >= 11 is 0. The number of nitrogens with zero attached hydrogens (tertiary/aromatic N) is 6. The van der Waals surface area contributed by atoms with E-state index in [-0.39, 0.29) is 35.5 Å². The van der Waals surface area contributed by atoms with E-state index < -0.39 is 30.1 Å². The molecule has 1 saturated heterocycles. The van der Waals surface area contributed by atoms with Crippen molar-refractivity contribution < 1.29 is 19.4 Å². The number of H-pyrrole nitrogens is 1. The van der Waals surface area contributed by atoms with Crippen LogP contribution in [-0.2, 0) is 14.3 Å². The van der Waals surface area contributed by atoms with E-state index in [0.29, 0.717) is 0 Å². The number of azide groups is 1. The van der Waals surface area contributed by atoms with Crippen LogP contribution in [0.25, 0.3) is 21.6 Å². The second-order valence-electron chi connectivity index (χ2n) is 6.55. The molecule has 3 rings (SSSR count). The summed E-state index contributed by atoms with van der Waals surface area (Å²) in [5.41, 5.74) is 8.13. The molecular formula is C15H20N8O5. The minimum absolute atomic E-state index is 0.0314. The van der Waals surface area contributed by atoms with Crippen molar-refractivity contribution >= 4 is 23.0 Å². The van der Waals surface area contributed by atoms with Crippen LogP contribution in [0.1, 0.15) is 20.1 Å². The van der Waals surface area contributed by atoms with Gasteiger partial charge < -0.3 is 14.6 Å². The Hall–Kier alpha value is -2.99. The number of aromatic amines is 1. The fourth-order valence-electron chi connectivity index (χ4n) is 2.90. The highest BCUT2D eigenvalue weighted by Crippen LogP contribution is 2.33. The van der Waals surface area contributed by atoms with Crippen LogP contribution in [-0.4, -0.2) is 62.5 Å². The number of ether oxygens (including phenoxy) is 2. The second kappa shape index (κ2) is 7.94. The zero-order valence-electron chi connectivity index (χ0n) is 15.4. The molecule has 1 fully saturated rings. The standard InChI is InChI=1S/C15H20N8O5/c1-6(2)12(25)20-15-19-11-8(13(26)21-15)17-5-23(11)14-10(27-3)9(24)7(28-14)4-18-22-16/h5-7,9-10,14,24H,4H2,1-3H3,(H2,19,20,21,25,26)/t7-,9-,10-,14-/m1/s1. The lowest BCUT2D eigenvalue weighted by Crippen LogP contribution is -2.34. The van der Waals surface area contributed by atoms with Gasteiger partial charge in [-0.05, 0) is 5.53 Å². The molecule has 0 aliphatic carbocycles. The van der Waals surface area contributed by atoms with Gasteiger partial charge in [0.05, 0.1) is 19.0 Å². The molecule has 0 spiro atoms. The number of nitrogens with one attached hydrogen (secondary N) is 2. The van der Waals surface area contributed by atoms with Crippen molar-refractivity contribution in [2.75, 3.05) is 19.0 Å². The predicted molar refractivity (Wildman–Crippen MR) is 96.3 cm³/mol. The van der Waals surface area contributed by atoms with Crippen molar-refractivity contribution in [2.24, 2.45) is 11.0 Å². The van der Waals surface area contributed by atoms with Gasteiger partial charge in [0.25, 0.3) is 5.56 Å². The third kappa shape index (κ3) is 3.55. The summed E-state index contributed by atoms with van der Waals surface area (Å²) in [7, 11) is 1.40. The zero-order chi connectivity index (χ0) is 20.4. The summed E-state index contributed by atoms with van der Waals surface area (Å²) in [6.07, 6.45) is -2.22. The van der Waals surface area contributed by atoms with Gasteiger partial charge in [0.2, 0.25) is 11.9 Å². The Kier molecular flexibility index (Phi) is 5.61. The van der Waals surface area contributed by atoms with Crippen molar-refractivity contribution in [1.29, 1.82) is 0 Å². The van der Waals surface area contributed by atoms with Crippen LogP contribution in [0, 0.1) is 5.92 Å². The predicted octanol–water partition coefficient (Wildman–Crippen LogP) is 0.298. The van der Waals surface area contributed by atoms with E-state index >= 15 is 0 Å². The summed E-state index contributed by atoms with van der Waals surface area (Å²) in [6, 6.07) is 0. The van der Waals surface area contributed by atoms with Crippen LogP contribution in [0.3, 0.4) is 0 Å². The van der Waals surface area contributed by atoms with Gasteiger partial charge in [0.15, 0.2) is 17.4 Å². The summed E-state index contributed by atoms with van der Waals surface area (Å²) in [4.78, 5) is 37.6. The van der Waals surface area contributed by atoms with Crippen LogP contribution in [0.5, 0.6) is 0 Å². The Balaban J connectivity index is 2.00. The van der Waals surface area contributed by atoms with Gasteiger partial charge in [0.1, 0.15) is 12.2 Å². The Bertz CT molecular complexity index is 978. The van der Waals surface area contributed by atoms with Crippen LogP contribution in [0.15, 0.2) is 16.2 Å². The summed E-state index contributed by atoms with van der Waals surface area (Å²) in [5, 5.41) is 16.3. The van der Waals surface area contributed by atoms with Crippen molar-refractivity contribution in [3.63, 3.8) is 0 Å². The van der Waals surface area contributed by atoms with E-state index in [2.05, 4.69) is 30.3 Å². The fourth-order valence-corrected chi connectivity index (χ4v) is 2.90. The number of amides is 1. The van der Waals surface area contributed by atoms with Gasteiger partial charge in [-0.2, -0.15) is 4.98 Å². The van der Waals surface area contributed by atoms with Crippen LogP contribution in [0.4, 0.5) is 5.95 Å². The highest BCUT2D eigenvalue weighted by Gasteiger charge is 2.45. The van der Waals surface area contributed by atoms with E-state index in [0.717, 1.165) is 0 Å². The highest BCUT2D eigenvalue weighted by molar-refractivity contribution is 5.91. The second-order valence-corrected chi connectivity index (χ2v) is 6.55. The number of carbonyl (C=O) groups excluding carboxylic acids is 1. The topological polar surface area (TPSA) is 180 Å². The number of rotatable bonds is 6. The maximum Gasteiger partial charge on any atom is 0.280 e. The SMILES string of the molecule is CO[C@@H]1[C@H](O)[C@@H](CN=[N+]=[N-])O[C@H]1n1cnc2c(=O)[nH]c(NC(=O)C(C)C)nc21. The number of aliphatic hydroxyl groups is 1. The number of imidazole rings is 1. The van der Waals surface area contributed by atoms with E-state index in [4.69, 9.17) is 15.0 Å². The molecule has 0 radical (unpaired) electrons. The first kappa shape index (κ1) is 19.8. The quantitative estimate of drug-likeness (QED) is 0.359. The lowest BCUT2D eigenvalue weighted by Gasteiger charge is -2.20. The number of fused-ring (bicyclic) bond motifs is 1. The largest absolute Gasteiger partial charge is 0.388 e. The zero-order valence-corrected chi connectivity index (χ0v) is 15.4. The summed E-state index contributed by atoms with van der Waals surface area (Å²) in [5.74, 6) is -0.653. The number of aromatic nitrogens is 4. The molecule has 3 heterocycles. The van der Waals surface area contributed by atoms with Gasteiger partial charge in [-0.3, -0.25) is 24.5 Å². The van der Waals surface area contributed by atoms with Crippen molar-refractivity contribution in [1.82, 2.24) is 19.5 Å². The molecule has 13 heteroatoms. The number of anilines is 1. The van der Waals surface area contributed by atoms with Crippen molar-refractivity contribution in [3.05, 3.63) is 27.1 Å². The van der Waals surface area contributed by atoms with Gasteiger partial charge >= 0.3 is 0 Å². The van der Waals surface area contributed by atoms with E-state index in [1.165, 1.54) is 18.0 Å². The summed E-state index contributed by atoms with van der Waals surface area (Å²) < 4.78 is 12.5. The Morgan fingerprint density at radius 2 is 2.36 bits per heavy atom. The Labute approximate surface area is 158 Å². The van der Waals surface area contributed by atoms with Crippen molar-refractivity contribution in [3.8, 4) is 0 Å². The molecule has 0 saturated carbocycles. The van der Waals surface area contributed by atoms with E-state index in [9.17, 15) is 14.7 Å². The third-order valence-electron chi connectivity index (χ3n) is 4.38. The normalized spacial score (nSPS) is 24.5. The number of hydrogen-bond acceptors (Lipinski definition) is 8. The number of carbonyl (C=O) groups is 1. The average Bonchev–Trinajstić information content (AvgIpc) is 3.20. The number of aliphatic hydroxyl groups excluding tert-OH is 1. The molecule has 1 aliphatic rings. The molecule has 1 amide bonds. The first-order chi connectivity index (χ1) is 13.4. The molecule has 0 aromatic carbocycles. The molecular weight excluding hydrogens is 372 g/mol. The van der Waals surface area contributed by atoms with Gasteiger partial charge in [-0.1, -0.05) is 19.0 Å². The Morgan fingerprint density at radius 1 is 1.61 bits per heavy atom. The molecule has 3 N–H and O–H groups in total. The minimum atomic E-state index is -1.07. The van der Waals surface area contributed by atoms with Gasteiger partial charge in [-0.25, -0.2) is 4.98 Å². The number of methoxy groups -OCH3 is 1. The smallest absolute Gasteiger partial charge is 0.280 e.